The van der Waals surface area contributed by atoms with Gasteiger partial charge in [0.15, 0.2) is 0 Å². The maximum Gasteiger partial charge on any atom is -0.00261 e. The maximum atomic E-state index is 2.52. The van der Waals surface area contributed by atoms with E-state index in [4.69, 9.17) is 0 Å². The molecule has 1 rings (SSSR count). The number of hydrogen-bond donors (Lipinski definition) is 0. The molecule has 1 aliphatic rings. The van der Waals surface area contributed by atoms with Crippen molar-refractivity contribution in [3.05, 3.63) is 0 Å². The predicted octanol–water partition coefficient (Wildman–Crippen LogP) is 3.79. The molecule has 0 unspecified atom stereocenters. The molecule has 1 fully saturated rings. The largest absolute Gasteiger partial charge is 0.237 e. The Kier molecular flexibility index (Phi) is 2.32. The van der Waals surface area contributed by atoms with Gasteiger partial charge in [-0.25, -0.2) is 10.0 Å². The van der Waals surface area contributed by atoms with Crippen LogP contribution in [0.15, 0.2) is 0 Å². The SMILES string of the molecule is CC(C)(C)S(C)(C)C1(C)CCC1. The number of rotatable bonds is 1. The minimum Gasteiger partial charge on any atom is -0.237 e. The van der Waals surface area contributed by atoms with E-state index in [2.05, 4.69) is 40.2 Å². The fourth-order valence-electron chi connectivity index (χ4n) is 1.92. The summed E-state index contributed by atoms with van der Waals surface area (Å²) in [6.07, 6.45) is 9.43. The van der Waals surface area contributed by atoms with Crippen LogP contribution in [0.2, 0.25) is 0 Å². The molecule has 1 heteroatoms. The molecule has 0 aromatic rings. The molecule has 0 bridgehead atoms. The topological polar surface area (TPSA) is 0 Å². The number of hydrogen-bond acceptors (Lipinski definition) is 0. The van der Waals surface area contributed by atoms with Gasteiger partial charge in [-0.2, -0.15) is 0 Å². The van der Waals surface area contributed by atoms with E-state index >= 15 is 0 Å². The van der Waals surface area contributed by atoms with Gasteiger partial charge in [0, 0.05) is 0 Å². The van der Waals surface area contributed by atoms with E-state index < -0.39 is 10.0 Å². The zero-order chi connectivity index (χ0) is 9.62. The van der Waals surface area contributed by atoms with Gasteiger partial charge in [0.25, 0.3) is 0 Å². The lowest BCUT2D eigenvalue weighted by atomic mass is 9.86. The molecule has 12 heavy (non-hydrogen) atoms. The van der Waals surface area contributed by atoms with E-state index in [0.717, 1.165) is 0 Å². The van der Waals surface area contributed by atoms with Crippen LogP contribution in [0.25, 0.3) is 0 Å². The van der Waals surface area contributed by atoms with Crippen LogP contribution in [-0.4, -0.2) is 22.0 Å². The molecule has 0 N–H and O–H groups in total. The summed E-state index contributed by atoms with van der Waals surface area (Å²) in [5.41, 5.74) is 0. The van der Waals surface area contributed by atoms with E-state index in [0.29, 0.717) is 9.49 Å². The molecule has 0 aromatic carbocycles. The molecule has 0 aliphatic heterocycles. The zero-order valence-electron chi connectivity index (χ0n) is 9.53. The first-order valence-corrected chi connectivity index (χ1v) is 7.38. The van der Waals surface area contributed by atoms with Crippen molar-refractivity contribution in [2.45, 2.75) is 56.5 Å². The third-order valence-electron chi connectivity index (χ3n) is 4.17. The van der Waals surface area contributed by atoms with E-state index in [9.17, 15) is 0 Å². The Balaban J connectivity index is 2.84. The average Bonchev–Trinajstić information content (AvgIpc) is 1.79. The van der Waals surface area contributed by atoms with Crippen LogP contribution < -0.4 is 0 Å². The molecule has 0 atom stereocenters. The van der Waals surface area contributed by atoms with Crippen LogP contribution in [-0.2, 0) is 0 Å². The van der Waals surface area contributed by atoms with Crippen molar-refractivity contribution < 1.29 is 0 Å². The lowest BCUT2D eigenvalue weighted by Gasteiger charge is -2.61. The fraction of sp³-hybridized carbons (Fsp3) is 1.00. The molecule has 0 amide bonds. The van der Waals surface area contributed by atoms with Crippen LogP contribution >= 0.6 is 10.0 Å². The van der Waals surface area contributed by atoms with Crippen LogP contribution in [0.5, 0.6) is 0 Å². The second kappa shape index (κ2) is 2.67. The quantitative estimate of drug-likeness (QED) is 0.587. The van der Waals surface area contributed by atoms with Crippen LogP contribution in [0.3, 0.4) is 0 Å². The summed E-state index contributed by atoms with van der Waals surface area (Å²) >= 11 is 0. The Hall–Kier alpha value is 0.350. The van der Waals surface area contributed by atoms with Crippen molar-refractivity contribution in [3.63, 3.8) is 0 Å². The molecule has 0 nitrogen and oxygen atoms in total. The molecule has 1 saturated carbocycles. The van der Waals surface area contributed by atoms with E-state index in [-0.39, 0.29) is 0 Å². The Labute approximate surface area is 79.4 Å². The second-order valence-electron chi connectivity index (χ2n) is 5.74. The summed E-state index contributed by atoms with van der Waals surface area (Å²) in [7, 11) is -0.439. The third kappa shape index (κ3) is 1.30. The minimum atomic E-state index is -0.439. The highest BCUT2D eigenvalue weighted by Gasteiger charge is 2.47. The van der Waals surface area contributed by atoms with Gasteiger partial charge in [0.05, 0.1) is 0 Å². The van der Waals surface area contributed by atoms with Crippen molar-refractivity contribution in [2.75, 3.05) is 12.5 Å². The first-order chi connectivity index (χ1) is 5.21. The molecule has 0 radical (unpaired) electrons. The fourth-order valence-corrected chi connectivity index (χ4v) is 4.71. The van der Waals surface area contributed by atoms with Gasteiger partial charge in [0.2, 0.25) is 0 Å². The molecule has 0 aromatic heterocycles. The summed E-state index contributed by atoms with van der Waals surface area (Å²) in [4.78, 5) is 0. The molecule has 0 saturated heterocycles. The summed E-state index contributed by atoms with van der Waals surface area (Å²) in [6, 6.07) is 0. The van der Waals surface area contributed by atoms with E-state index in [1.54, 1.807) is 0 Å². The molecule has 74 valence electrons. The van der Waals surface area contributed by atoms with Crippen molar-refractivity contribution in [2.24, 2.45) is 0 Å². The minimum absolute atomic E-state index is 0.439. The highest BCUT2D eigenvalue weighted by atomic mass is 32.3. The van der Waals surface area contributed by atoms with Gasteiger partial charge in [-0.3, -0.25) is 0 Å². The van der Waals surface area contributed by atoms with Gasteiger partial charge >= 0.3 is 0 Å². The first kappa shape index (κ1) is 10.4. The Morgan fingerprint density at radius 2 is 1.50 bits per heavy atom. The Morgan fingerprint density at radius 1 is 1.08 bits per heavy atom. The van der Waals surface area contributed by atoms with Crippen molar-refractivity contribution in [1.29, 1.82) is 0 Å². The highest BCUT2D eigenvalue weighted by molar-refractivity contribution is 8.34. The summed E-state index contributed by atoms with van der Waals surface area (Å²) in [5.74, 6) is 0. The van der Waals surface area contributed by atoms with E-state index in [1.807, 2.05) is 0 Å². The second-order valence-corrected chi connectivity index (χ2v) is 10.6. The summed E-state index contributed by atoms with van der Waals surface area (Å²) < 4.78 is 1.20. The van der Waals surface area contributed by atoms with Crippen molar-refractivity contribution in [1.82, 2.24) is 0 Å². The Morgan fingerprint density at radius 3 is 1.58 bits per heavy atom. The van der Waals surface area contributed by atoms with Gasteiger partial charge in [-0.15, -0.1) is 0 Å². The zero-order valence-corrected chi connectivity index (χ0v) is 10.3. The third-order valence-corrected chi connectivity index (χ3v) is 10.1. The molecular weight excluding hydrogens is 164 g/mol. The van der Waals surface area contributed by atoms with Crippen molar-refractivity contribution >= 4 is 10.0 Å². The van der Waals surface area contributed by atoms with Gasteiger partial charge in [-0.05, 0) is 34.8 Å². The molecule has 1 aliphatic carbocycles. The standard InChI is InChI=1S/C11H24S/c1-10(2,3)12(5,6)11(4)8-7-9-11/h7-9H2,1-6H3. The van der Waals surface area contributed by atoms with Crippen molar-refractivity contribution in [3.8, 4) is 0 Å². The smallest absolute Gasteiger partial charge is 0.00261 e. The van der Waals surface area contributed by atoms with Crippen LogP contribution in [0.1, 0.15) is 47.0 Å². The van der Waals surface area contributed by atoms with Gasteiger partial charge < -0.3 is 0 Å². The summed E-state index contributed by atoms with van der Waals surface area (Å²) in [5, 5.41) is 0. The lowest BCUT2D eigenvalue weighted by Crippen LogP contribution is -2.45. The van der Waals surface area contributed by atoms with Crippen LogP contribution in [0.4, 0.5) is 0 Å². The highest BCUT2D eigenvalue weighted by Crippen LogP contribution is 2.68. The van der Waals surface area contributed by atoms with E-state index in [1.165, 1.54) is 19.3 Å². The maximum absolute atomic E-state index is 2.52. The van der Waals surface area contributed by atoms with Gasteiger partial charge in [-0.1, -0.05) is 34.1 Å². The lowest BCUT2D eigenvalue weighted by molar-refractivity contribution is 0.381. The molecule has 0 spiro atoms. The van der Waals surface area contributed by atoms with Gasteiger partial charge in [0.1, 0.15) is 0 Å². The summed E-state index contributed by atoms with van der Waals surface area (Å²) in [6.45, 7) is 9.72. The average molecular weight is 188 g/mol. The molecule has 0 heterocycles. The van der Waals surface area contributed by atoms with Crippen LogP contribution in [0, 0.1) is 0 Å². The predicted molar refractivity (Wildman–Crippen MR) is 61.4 cm³/mol. The normalized spacial score (nSPS) is 24.8. The molecular formula is C11H24S. The Bertz CT molecular complexity index is 170. The first-order valence-electron chi connectivity index (χ1n) is 4.93. The monoisotopic (exact) mass is 188 g/mol.